The highest BCUT2D eigenvalue weighted by molar-refractivity contribution is 14.1. The normalized spacial score (nSPS) is 10.6. The van der Waals surface area contributed by atoms with Crippen LogP contribution in [0.2, 0.25) is 0 Å². The van der Waals surface area contributed by atoms with E-state index >= 15 is 0 Å². The van der Waals surface area contributed by atoms with Crippen LogP contribution in [0.3, 0.4) is 0 Å². The second-order valence-corrected chi connectivity index (χ2v) is 4.78. The molecule has 0 aliphatic rings. The summed E-state index contributed by atoms with van der Waals surface area (Å²) >= 11 is 2.10. The van der Waals surface area contributed by atoms with Crippen molar-refractivity contribution in [2.24, 2.45) is 0 Å². The number of fused-ring (bicyclic) bond motifs is 1. The topological polar surface area (TPSA) is 69.4 Å². The van der Waals surface area contributed by atoms with Gasteiger partial charge in [0.05, 0.1) is 17.5 Å². The molecular formula is C12H10INO4. The molecule has 0 saturated heterocycles. The molecule has 0 spiro atoms. The average molecular weight is 359 g/mol. The molecule has 2 rings (SSSR count). The van der Waals surface area contributed by atoms with Crippen molar-refractivity contribution in [3.63, 3.8) is 0 Å². The van der Waals surface area contributed by atoms with Crippen LogP contribution in [-0.2, 0) is 16.0 Å². The van der Waals surface area contributed by atoms with E-state index in [-0.39, 0.29) is 18.9 Å². The number of carbonyl (C=O) groups excluding carboxylic acids is 1. The first-order valence-corrected chi connectivity index (χ1v) is 6.43. The highest BCUT2D eigenvalue weighted by Gasteiger charge is 2.11. The molecule has 0 bridgehead atoms. The van der Waals surface area contributed by atoms with Crippen molar-refractivity contribution < 1.29 is 13.9 Å². The molecule has 0 radical (unpaired) electrons. The van der Waals surface area contributed by atoms with Gasteiger partial charge in [-0.1, -0.05) is 0 Å². The summed E-state index contributed by atoms with van der Waals surface area (Å²) in [6.07, 6.45) is -0.134. The molecule has 0 unspecified atom stereocenters. The second-order valence-electron chi connectivity index (χ2n) is 3.54. The zero-order chi connectivity index (χ0) is 13.1. The summed E-state index contributed by atoms with van der Waals surface area (Å²) in [5, 5.41) is 0.412. The van der Waals surface area contributed by atoms with Crippen molar-refractivity contribution in [1.29, 1.82) is 0 Å². The molecule has 0 fully saturated rings. The fourth-order valence-corrected chi connectivity index (χ4v) is 1.99. The van der Waals surface area contributed by atoms with Gasteiger partial charge < -0.3 is 9.15 Å². The number of nitrogens with zero attached hydrogens (tertiary/aromatic N) is 1. The van der Waals surface area contributed by atoms with Crippen molar-refractivity contribution in [2.45, 2.75) is 13.3 Å². The van der Waals surface area contributed by atoms with Crippen LogP contribution in [-0.4, -0.2) is 17.6 Å². The van der Waals surface area contributed by atoms with E-state index in [2.05, 4.69) is 27.6 Å². The SMILES string of the molecule is CCOC(=O)Cc1nc2ccc(I)cc2c(=O)o1. The summed E-state index contributed by atoms with van der Waals surface area (Å²) in [6, 6.07) is 5.26. The predicted molar refractivity (Wildman–Crippen MR) is 73.3 cm³/mol. The number of hydrogen-bond acceptors (Lipinski definition) is 5. The number of esters is 1. The smallest absolute Gasteiger partial charge is 0.346 e. The van der Waals surface area contributed by atoms with Crippen molar-refractivity contribution in [2.75, 3.05) is 6.61 Å². The molecule has 6 heteroatoms. The van der Waals surface area contributed by atoms with Crippen LogP contribution in [0.5, 0.6) is 0 Å². The summed E-state index contributed by atoms with van der Waals surface area (Å²) in [5.74, 6) is -0.384. The maximum Gasteiger partial charge on any atom is 0.346 e. The first-order valence-electron chi connectivity index (χ1n) is 5.35. The van der Waals surface area contributed by atoms with Crippen molar-refractivity contribution >= 4 is 39.5 Å². The predicted octanol–water partition coefficient (Wildman–Crippen LogP) is 1.90. The second kappa shape index (κ2) is 5.47. The number of hydrogen-bond donors (Lipinski definition) is 0. The number of carbonyl (C=O) groups is 1. The Morgan fingerprint density at radius 1 is 1.50 bits per heavy atom. The quantitative estimate of drug-likeness (QED) is 0.619. The summed E-state index contributed by atoms with van der Waals surface area (Å²) in [5.41, 5.74) is 0.0313. The summed E-state index contributed by atoms with van der Waals surface area (Å²) in [4.78, 5) is 27.1. The Hall–Kier alpha value is -1.44. The Balaban J connectivity index is 2.40. The molecular weight excluding hydrogens is 349 g/mol. The van der Waals surface area contributed by atoms with Gasteiger partial charge in [-0.2, -0.15) is 0 Å². The summed E-state index contributed by atoms with van der Waals surface area (Å²) in [7, 11) is 0. The molecule has 1 aromatic carbocycles. The standard InChI is InChI=1S/C12H10INO4/c1-2-17-11(15)6-10-14-9-4-3-7(13)5-8(9)12(16)18-10/h3-5H,2,6H2,1H3. The molecule has 2 aromatic rings. The maximum absolute atomic E-state index is 11.7. The lowest BCUT2D eigenvalue weighted by atomic mass is 10.2. The molecule has 18 heavy (non-hydrogen) atoms. The van der Waals surface area contributed by atoms with Gasteiger partial charge in [0.25, 0.3) is 0 Å². The van der Waals surface area contributed by atoms with E-state index in [1.807, 2.05) is 6.07 Å². The lowest BCUT2D eigenvalue weighted by Gasteiger charge is -2.02. The van der Waals surface area contributed by atoms with Crippen LogP contribution in [0, 0.1) is 3.57 Å². The molecule has 94 valence electrons. The number of aromatic nitrogens is 1. The van der Waals surface area contributed by atoms with Gasteiger partial charge in [0.2, 0.25) is 5.89 Å². The van der Waals surface area contributed by atoms with Crippen LogP contribution in [0.4, 0.5) is 0 Å². The van der Waals surface area contributed by atoms with Crippen LogP contribution in [0.1, 0.15) is 12.8 Å². The maximum atomic E-state index is 11.7. The van der Waals surface area contributed by atoms with Gasteiger partial charge in [0.15, 0.2) is 0 Å². The fraction of sp³-hybridized carbons (Fsp3) is 0.250. The molecule has 0 aliphatic heterocycles. The zero-order valence-corrected chi connectivity index (χ0v) is 11.8. The largest absolute Gasteiger partial charge is 0.466 e. The molecule has 0 amide bonds. The van der Waals surface area contributed by atoms with Crippen molar-refractivity contribution in [3.8, 4) is 0 Å². The number of benzene rings is 1. The minimum atomic E-state index is -0.488. The van der Waals surface area contributed by atoms with Crippen molar-refractivity contribution in [3.05, 3.63) is 38.1 Å². The van der Waals surface area contributed by atoms with Gasteiger partial charge in [-0.15, -0.1) is 0 Å². The van der Waals surface area contributed by atoms with E-state index in [0.717, 1.165) is 3.57 Å². The monoisotopic (exact) mass is 359 g/mol. The van der Waals surface area contributed by atoms with Crippen LogP contribution in [0.25, 0.3) is 10.9 Å². The van der Waals surface area contributed by atoms with Crippen molar-refractivity contribution in [1.82, 2.24) is 4.98 Å². The summed E-state index contributed by atoms with van der Waals surface area (Å²) in [6.45, 7) is 2.00. The van der Waals surface area contributed by atoms with Gasteiger partial charge in [-0.3, -0.25) is 4.79 Å². The number of ether oxygens (including phenoxy) is 1. The van der Waals surface area contributed by atoms with Gasteiger partial charge in [0.1, 0.15) is 6.42 Å². The first-order chi connectivity index (χ1) is 8.60. The average Bonchev–Trinajstić information content (AvgIpc) is 2.30. The van der Waals surface area contributed by atoms with E-state index in [1.165, 1.54) is 0 Å². The Labute approximate surface area is 116 Å². The molecule has 0 atom stereocenters. The molecule has 5 nitrogen and oxygen atoms in total. The Kier molecular flexibility index (Phi) is 3.95. The molecule has 0 aliphatic carbocycles. The van der Waals surface area contributed by atoms with Crippen LogP contribution < -0.4 is 5.63 Å². The third kappa shape index (κ3) is 2.87. The third-order valence-corrected chi connectivity index (χ3v) is 2.91. The number of halogens is 1. The fourth-order valence-electron chi connectivity index (χ4n) is 1.50. The zero-order valence-electron chi connectivity index (χ0n) is 9.60. The van der Waals surface area contributed by atoms with Gasteiger partial charge >= 0.3 is 11.6 Å². The first kappa shape index (κ1) is 13.0. The lowest BCUT2D eigenvalue weighted by molar-refractivity contribution is -0.142. The highest BCUT2D eigenvalue weighted by Crippen LogP contribution is 2.13. The third-order valence-electron chi connectivity index (χ3n) is 2.24. The highest BCUT2D eigenvalue weighted by atomic mass is 127. The van der Waals surface area contributed by atoms with E-state index in [0.29, 0.717) is 10.9 Å². The van der Waals surface area contributed by atoms with Crippen LogP contribution in [0.15, 0.2) is 27.4 Å². The van der Waals surface area contributed by atoms with E-state index in [4.69, 9.17) is 9.15 Å². The van der Waals surface area contributed by atoms with E-state index < -0.39 is 11.6 Å². The van der Waals surface area contributed by atoms with Crippen LogP contribution >= 0.6 is 22.6 Å². The minimum absolute atomic E-state index is 0.0761. The molecule has 1 aromatic heterocycles. The Bertz CT molecular complexity index is 650. The van der Waals surface area contributed by atoms with Gasteiger partial charge in [0, 0.05) is 3.57 Å². The lowest BCUT2D eigenvalue weighted by Crippen LogP contribution is -2.12. The minimum Gasteiger partial charge on any atom is -0.466 e. The number of rotatable bonds is 3. The molecule has 1 heterocycles. The Morgan fingerprint density at radius 3 is 3.00 bits per heavy atom. The molecule has 0 saturated carbocycles. The summed E-state index contributed by atoms with van der Waals surface area (Å²) < 4.78 is 10.7. The Morgan fingerprint density at radius 2 is 2.28 bits per heavy atom. The van der Waals surface area contributed by atoms with E-state index in [9.17, 15) is 9.59 Å². The molecule has 0 N–H and O–H groups in total. The van der Waals surface area contributed by atoms with Gasteiger partial charge in [-0.05, 0) is 47.7 Å². The van der Waals surface area contributed by atoms with E-state index in [1.54, 1.807) is 19.1 Å². The van der Waals surface area contributed by atoms with Gasteiger partial charge in [-0.25, -0.2) is 9.78 Å².